The van der Waals surface area contributed by atoms with E-state index in [0.29, 0.717) is 36.7 Å². The number of hydrogen-bond donors (Lipinski definition) is 6. The van der Waals surface area contributed by atoms with E-state index in [1.54, 1.807) is 29.2 Å². The zero-order valence-corrected chi connectivity index (χ0v) is 17.9. The monoisotopic (exact) mass is 438 g/mol. The Kier molecular flexibility index (Phi) is 6.60. The predicted octanol–water partition coefficient (Wildman–Crippen LogP) is 0.306. The minimum absolute atomic E-state index is 0.0426. The van der Waals surface area contributed by atoms with E-state index in [4.69, 9.17) is 11.5 Å². The molecule has 3 heterocycles. The number of anilines is 1. The average molecular weight is 439 g/mol. The summed E-state index contributed by atoms with van der Waals surface area (Å²) in [5.41, 5.74) is 14.0. The van der Waals surface area contributed by atoms with Crippen LogP contribution in [0.1, 0.15) is 29.6 Å². The van der Waals surface area contributed by atoms with Crippen LogP contribution < -0.4 is 37.6 Å². The van der Waals surface area contributed by atoms with Crippen molar-refractivity contribution in [3.63, 3.8) is 0 Å². The molecule has 0 bridgehead atoms. The summed E-state index contributed by atoms with van der Waals surface area (Å²) in [5, 5.41) is 12.7. The molecule has 32 heavy (non-hydrogen) atoms. The van der Waals surface area contributed by atoms with Gasteiger partial charge in [0, 0.05) is 48.6 Å². The highest BCUT2D eigenvalue weighted by Crippen LogP contribution is 2.29. The number of aliphatic imine (C=N–C) groups is 1. The number of nitrogens with two attached hydrogens (primary N) is 2. The summed E-state index contributed by atoms with van der Waals surface area (Å²) < 4.78 is 0. The summed E-state index contributed by atoms with van der Waals surface area (Å²) in [4.78, 5) is 30.4. The Bertz CT molecular complexity index is 943. The zero-order chi connectivity index (χ0) is 22.5. The third-order valence-corrected chi connectivity index (χ3v) is 5.79. The normalized spacial score (nSPS) is 22.1. The number of nitrogens with zero attached hydrogens (tertiary/aromatic N) is 2. The first-order chi connectivity index (χ1) is 15.5. The van der Waals surface area contributed by atoms with E-state index < -0.39 is 0 Å². The maximum atomic E-state index is 12.7. The summed E-state index contributed by atoms with van der Waals surface area (Å²) in [6.07, 6.45) is 6.74. The Morgan fingerprint density at radius 1 is 1.22 bits per heavy atom. The van der Waals surface area contributed by atoms with Crippen molar-refractivity contribution in [3.05, 3.63) is 53.4 Å². The molecule has 2 unspecified atom stereocenters. The lowest BCUT2D eigenvalue weighted by Crippen LogP contribution is -2.52. The molecular weight excluding hydrogens is 408 g/mol. The number of hydrogen-bond acceptors (Lipinski definition) is 5. The first-order valence-electron chi connectivity index (χ1n) is 11.0. The molecule has 8 N–H and O–H groups in total. The van der Waals surface area contributed by atoms with Gasteiger partial charge in [0.2, 0.25) is 0 Å². The van der Waals surface area contributed by atoms with Gasteiger partial charge in [-0.1, -0.05) is 0 Å². The number of guanidine groups is 1. The molecule has 1 saturated heterocycles. The summed E-state index contributed by atoms with van der Waals surface area (Å²) in [6.45, 7) is 2.95. The van der Waals surface area contributed by atoms with Crippen LogP contribution >= 0.6 is 0 Å². The molecule has 10 heteroatoms. The Morgan fingerprint density at radius 2 is 2.03 bits per heavy atom. The number of amides is 3. The highest BCUT2D eigenvalue weighted by molar-refractivity contribution is 5.98. The minimum atomic E-state index is -0.209. The molecular formula is C22H30N8O2. The fourth-order valence-electron chi connectivity index (χ4n) is 4.10. The molecule has 170 valence electrons. The van der Waals surface area contributed by atoms with Gasteiger partial charge in [0.1, 0.15) is 6.17 Å². The lowest BCUT2D eigenvalue weighted by Gasteiger charge is -2.30. The number of nitrogens with one attached hydrogen (secondary N) is 4. The average Bonchev–Trinajstić information content (AvgIpc) is 3.21. The second kappa shape index (κ2) is 9.73. The van der Waals surface area contributed by atoms with Crippen molar-refractivity contribution in [2.24, 2.45) is 22.4 Å². The molecule has 0 saturated carbocycles. The molecule has 2 atom stereocenters. The van der Waals surface area contributed by atoms with Crippen LogP contribution in [0.2, 0.25) is 0 Å². The molecule has 0 aromatic heterocycles. The highest BCUT2D eigenvalue weighted by Gasteiger charge is 2.33. The van der Waals surface area contributed by atoms with Crippen molar-refractivity contribution in [3.8, 4) is 0 Å². The van der Waals surface area contributed by atoms with Gasteiger partial charge in [-0.25, -0.2) is 4.79 Å². The molecule has 1 aromatic rings. The molecule has 10 nitrogen and oxygen atoms in total. The van der Waals surface area contributed by atoms with Crippen LogP contribution in [0, 0.1) is 5.92 Å². The second-order valence-electron chi connectivity index (χ2n) is 8.13. The fraction of sp³-hybridized carbons (Fsp3) is 0.409. The predicted molar refractivity (Wildman–Crippen MR) is 124 cm³/mol. The maximum Gasteiger partial charge on any atom is 0.327 e. The van der Waals surface area contributed by atoms with Crippen LogP contribution in [0.3, 0.4) is 0 Å². The number of carbonyl (C=O) groups excluding carboxylic acids is 2. The molecule has 3 aliphatic rings. The third-order valence-electron chi connectivity index (χ3n) is 5.79. The maximum absolute atomic E-state index is 12.7. The number of urea groups is 1. The van der Waals surface area contributed by atoms with Gasteiger partial charge in [-0.3, -0.25) is 14.7 Å². The molecule has 1 fully saturated rings. The Balaban J connectivity index is 1.38. The van der Waals surface area contributed by atoms with Crippen LogP contribution in [0.25, 0.3) is 0 Å². The van der Waals surface area contributed by atoms with E-state index in [1.165, 1.54) is 5.70 Å². The summed E-state index contributed by atoms with van der Waals surface area (Å²) >= 11 is 0. The SMILES string of the molecule is NC(N)=NCCCNC(=O)c1ccc(N2C=C3C=C(C4CCCNC4)NC3NC2=O)cc1. The number of fused-ring (bicyclic) bond motifs is 1. The standard InChI is InChI=1S/C22H30N8O2/c23-21(24)27-10-2-9-26-20(31)14-4-6-17(7-5-14)30-13-16-11-18(15-3-1-8-25-12-15)28-19(16)29-22(30)32/h4-7,11,13,15,19,25,28H,1-3,8-10,12H2,(H,26,31)(H,29,32)(H4,23,24,27). The lowest BCUT2D eigenvalue weighted by molar-refractivity contribution is 0.0953. The lowest BCUT2D eigenvalue weighted by atomic mass is 9.96. The Morgan fingerprint density at radius 3 is 2.75 bits per heavy atom. The smallest absolute Gasteiger partial charge is 0.327 e. The van der Waals surface area contributed by atoms with Crippen molar-refractivity contribution < 1.29 is 9.59 Å². The molecule has 1 aromatic carbocycles. The molecule has 0 radical (unpaired) electrons. The van der Waals surface area contributed by atoms with Crippen LogP contribution in [-0.2, 0) is 0 Å². The zero-order valence-electron chi connectivity index (χ0n) is 17.9. The first kappa shape index (κ1) is 21.7. The van der Waals surface area contributed by atoms with Gasteiger partial charge in [0.15, 0.2) is 5.96 Å². The Hall–Kier alpha value is -3.53. The number of rotatable bonds is 7. The van der Waals surface area contributed by atoms with Crippen molar-refractivity contribution in [1.82, 2.24) is 21.3 Å². The first-order valence-corrected chi connectivity index (χ1v) is 11.0. The molecule has 0 aliphatic carbocycles. The molecule has 3 aliphatic heterocycles. The summed E-state index contributed by atoms with van der Waals surface area (Å²) in [6, 6.07) is 6.74. The summed E-state index contributed by atoms with van der Waals surface area (Å²) in [7, 11) is 0. The van der Waals surface area contributed by atoms with E-state index in [1.807, 2.05) is 6.20 Å². The van der Waals surface area contributed by atoms with Gasteiger partial charge in [0.25, 0.3) is 5.91 Å². The van der Waals surface area contributed by atoms with Crippen molar-refractivity contribution in [2.75, 3.05) is 31.1 Å². The minimum Gasteiger partial charge on any atom is -0.370 e. The van der Waals surface area contributed by atoms with E-state index in [-0.39, 0.29) is 24.1 Å². The van der Waals surface area contributed by atoms with E-state index in [9.17, 15) is 9.59 Å². The van der Waals surface area contributed by atoms with Crippen molar-refractivity contribution in [1.29, 1.82) is 0 Å². The van der Waals surface area contributed by atoms with Gasteiger partial charge >= 0.3 is 6.03 Å². The quantitative estimate of drug-likeness (QED) is 0.205. The fourth-order valence-corrected chi connectivity index (χ4v) is 4.10. The number of piperidine rings is 1. The molecule has 4 rings (SSSR count). The molecule has 3 amide bonds. The van der Waals surface area contributed by atoms with Gasteiger partial charge < -0.3 is 32.7 Å². The van der Waals surface area contributed by atoms with Crippen molar-refractivity contribution >= 4 is 23.6 Å². The topological polar surface area (TPSA) is 150 Å². The van der Waals surface area contributed by atoms with Crippen LogP contribution in [0.5, 0.6) is 0 Å². The van der Waals surface area contributed by atoms with Gasteiger partial charge in [-0.05, 0) is 56.1 Å². The molecule has 0 spiro atoms. The number of carbonyl (C=O) groups is 2. The van der Waals surface area contributed by atoms with Crippen molar-refractivity contribution in [2.45, 2.75) is 25.4 Å². The highest BCUT2D eigenvalue weighted by atomic mass is 16.2. The summed E-state index contributed by atoms with van der Waals surface area (Å²) in [5.74, 6) is 0.301. The van der Waals surface area contributed by atoms with Crippen LogP contribution in [0.15, 0.2) is 52.8 Å². The van der Waals surface area contributed by atoms with Gasteiger partial charge in [-0.2, -0.15) is 0 Å². The van der Waals surface area contributed by atoms with Gasteiger partial charge in [0.05, 0.1) is 5.69 Å². The van der Waals surface area contributed by atoms with E-state index in [0.717, 1.165) is 31.5 Å². The van der Waals surface area contributed by atoms with Crippen LogP contribution in [-0.4, -0.2) is 50.2 Å². The van der Waals surface area contributed by atoms with Gasteiger partial charge in [-0.15, -0.1) is 0 Å². The van der Waals surface area contributed by atoms with E-state index >= 15 is 0 Å². The third kappa shape index (κ3) is 5.02. The largest absolute Gasteiger partial charge is 0.370 e. The van der Waals surface area contributed by atoms with Crippen LogP contribution in [0.4, 0.5) is 10.5 Å². The Labute approximate surface area is 187 Å². The number of benzene rings is 1. The van der Waals surface area contributed by atoms with E-state index in [2.05, 4.69) is 32.3 Å². The second-order valence-corrected chi connectivity index (χ2v) is 8.13.